The number of hydrogen-bond donors (Lipinski definition) is 0. The Morgan fingerprint density at radius 2 is 2.14 bits per heavy atom. The van der Waals surface area contributed by atoms with E-state index >= 15 is 0 Å². The third kappa shape index (κ3) is 3.95. The van der Waals surface area contributed by atoms with Gasteiger partial charge in [-0.3, -0.25) is 4.79 Å². The number of aromatic nitrogens is 1. The third-order valence-corrected chi connectivity index (χ3v) is 4.93. The quantitative estimate of drug-likeness (QED) is 0.778. The first-order valence-corrected chi connectivity index (χ1v) is 8.79. The predicted octanol–water partition coefficient (Wildman–Crippen LogP) is 4.54. The van der Waals surface area contributed by atoms with Crippen LogP contribution in [0.2, 0.25) is 0 Å². The molecule has 0 amide bonds. The van der Waals surface area contributed by atoms with Crippen LogP contribution in [0, 0.1) is 6.92 Å². The Balaban J connectivity index is 1.60. The molecule has 0 spiro atoms. The number of rotatable bonds is 4. The Labute approximate surface area is 135 Å². The van der Waals surface area contributed by atoms with E-state index in [1.54, 1.807) is 11.3 Å². The summed E-state index contributed by atoms with van der Waals surface area (Å²) >= 11 is 1.58. The maximum absolute atomic E-state index is 12.0. The first-order chi connectivity index (χ1) is 10.7. The van der Waals surface area contributed by atoms with Crippen LogP contribution in [0.3, 0.4) is 0 Å². The minimum absolute atomic E-state index is 0.121. The van der Waals surface area contributed by atoms with Gasteiger partial charge in [-0.15, -0.1) is 11.3 Å². The van der Waals surface area contributed by atoms with Crippen LogP contribution in [-0.4, -0.2) is 17.1 Å². The summed E-state index contributed by atoms with van der Waals surface area (Å²) in [7, 11) is 0. The molecule has 0 unspecified atom stereocenters. The minimum Gasteiger partial charge on any atom is -0.462 e. The third-order valence-electron chi connectivity index (χ3n) is 3.99. The highest BCUT2D eigenvalue weighted by Crippen LogP contribution is 2.25. The Morgan fingerprint density at radius 3 is 2.91 bits per heavy atom. The van der Waals surface area contributed by atoms with Crippen LogP contribution in [-0.2, 0) is 16.0 Å². The molecule has 0 saturated heterocycles. The summed E-state index contributed by atoms with van der Waals surface area (Å²) < 4.78 is 5.56. The number of ether oxygens (including phenoxy) is 1. The predicted molar refractivity (Wildman–Crippen MR) is 89.0 cm³/mol. The molecule has 0 atom stereocenters. The Bertz CT molecular complexity index is 644. The zero-order valence-corrected chi connectivity index (χ0v) is 13.7. The molecule has 116 valence electrons. The molecule has 0 aliphatic heterocycles. The van der Waals surface area contributed by atoms with Crippen molar-refractivity contribution in [1.29, 1.82) is 0 Å². The van der Waals surface area contributed by atoms with Crippen molar-refractivity contribution in [2.75, 3.05) is 0 Å². The first kappa shape index (κ1) is 15.2. The van der Waals surface area contributed by atoms with E-state index in [1.807, 2.05) is 11.4 Å². The van der Waals surface area contributed by atoms with Crippen LogP contribution < -0.4 is 0 Å². The first-order valence-electron chi connectivity index (χ1n) is 7.91. The highest BCUT2D eigenvalue weighted by atomic mass is 32.1. The Morgan fingerprint density at radius 1 is 1.32 bits per heavy atom. The van der Waals surface area contributed by atoms with E-state index < -0.39 is 0 Å². The van der Waals surface area contributed by atoms with Crippen molar-refractivity contribution in [3.05, 3.63) is 40.9 Å². The van der Waals surface area contributed by atoms with Crippen LogP contribution in [0.4, 0.5) is 0 Å². The molecule has 0 N–H and O–H groups in total. The van der Waals surface area contributed by atoms with E-state index in [9.17, 15) is 4.79 Å². The van der Waals surface area contributed by atoms with Gasteiger partial charge in [0.05, 0.1) is 12.1 Å². The summed E-state index contributed by atoms with van der Waals surface area (Å²) in [4.78, 5) is 16.6. The lowest BCUT2D eigenvalue weighted by Gasteiger charge is -2.21. The summed E-state index contributed by atoms with van der Waals surface area (Å²) in [6.07, 6.45) is 6.03. The van der Waals surface area contributed by atoms with E-state index in [0.717, 1.165) is 29.1 Å². The summed E-state index contributed by atoms with van der Waals surface area (Å²) in [5.41, 5.74) is 3.13. The molecule has 22 heavy (non-hydrogen) atoms. The van der Waals surface area contributed by atoms with Gasteiger partial charge in [0.15, 0.2) is 0 Å². The van der Waals surface area contributed by atoms with E-state index in [0.29, 0.717) is 0 Å². The van der Waals surface area contributed by atoms with Gasteiger partial charge < -0.3 is 4.74 Å². The highest BCUT2D eigenvalue weighted by molar-refractivity contribution is 7.13. The van der Waals surface area contributed by atoms with Gasteiger partial charge in [0.2, 0.25) is 0 Å². The van der Waals surface area contributed by atoms with Crippen LogP contribution >= 0.6 is 11.3 Å². The van der Waals surface area contributed by atoms with E-state index in [1.165, 1.54) is 24.8 Å². The van der Waals surface area contributed by atoms with Gasteiger partial charge in [0.1, 0.15) is 11.1 Å². The molecular weight excluding hydrogens is 294 g/mol. The molecular formula is C18H21NO2S. The molecule has 1 aromatic heterocycles. The Kier molecular flexibility index (Phi) is 4.88. The normalized spacial score (nSPS) is 15.7. The van der Waals surface area contributed by atoms with Crippen molar-refractivity contribution in [3.8, 4) is 10.6 Å². The smallest absolute Gasteiger partial charge is 0.312 e. The maximum Gasteiger partial charge on any atom is 0.312 e. The largest absolute Gasteiger partial charge is 0.462 e. The minimum atomic E-state index is -0.145. The van der Waals surface area contributed by atoms with Crippen molar-refractivity contribution < 1.29 is 9.53 Å². The topological polar surface area (TPSA) is 39.2 Å². The standard InChI is InChI=1S/C18H21NO2S/c1-13-6-5-7-14(10-13)18-19-15(12-22-18)11-17(20)21-16-8-3-2-4-9-16/h5-7,10,12,16H,2-4,8-9,11H2,1H3. The van der Waals surface area contributed by atoms with Crippen molar-refractivity contribution >= 4 is 17.3 Å². The lowest BCUT2D eigenvalue weighted by Crippen LogP contribution is -2.22. The number of carbonyl (C=O) groups excluding carboxylic acids is 1. The number of aryl methyl sites for hydroxylation is 1. The fourth-order valence-electron chi connectivity index (χ4n) is 2.86. The lowest BCUT2D eigenvalue weighted by atomic mass is 9.98. The van der Waals surface area contributed by atoms with Gasteiger partial charge in [-0.05, 0) is 38.7 Å². The van der Waals surface area contributed by atoms with Gasteiger partial charge in [0.25, 0.3) is 0 Å². The zero-order valence-electron chi connectivity index (χ0n) is 12.9. The van der Waals surface area contributed by atoms with Gasteiger partial charge in [-0.2, -0.15) is 0 Å². The molecule has 0 bridgehead atoms. The summed E-state index contributed by atoms with van der Waals surface area (Å²) in [6.45, 7) is 2.07. The summed E-state index contributed by atoms with van der Waals surface area (Å²) in [5, 5.41) is 2.92. The van der Waals surface area contributed by atoms with Gasteiger partial charge in [-0.1, -0.05) is 30.2 Å². The molecule has 4 heteroatoms. The van der Waals surface area contributed by atoms with Crippen LogP contribution in [0.25, 0.3) is 10.6 Å². The lowest BCUT2D eigenvalue weighted by molar-refractivity contribution is -0.149. The molecule has 1 heterocycles. The average molecular weight is 315 g/mol. The number of nitrogens with zero attached hydrogens (tertiary/aromatic N) is 1. The van der Waals surface area contributed by atoms with Crippen LogP contribution in [0.5, 0.6) is 0 Å². The molecule has 1 aliphatic rings. The van der Waals surface area contributed by atoms with Crippen molar-refractivity contribution in [3.63, 3.8) is 0 Å². The summed E-state index contributed by atoms with van der Waals surface area (Å²) in [6, 6.07) is 8.27. The van der Waals surface area contributed by atoms with E-state index in [2.05, 4.69) is 30.1 Å². The second kappa shape index (κ2) is 7.05. The molecule has 1 aromatic carbocycles. The molecule has 1 aliphatic carbocycles. The van der Waals surface area contributed by atoms with Gasteiger partial charge >= 0.3 is 5.97 Å². The van der Waals surface area contributed by atoms with Crippen molar-refractivity contribution in [2.45, 2.75) is 51.6 Å². The van der Waals surface area contributed by atoms with Crippen molar-refractivity contribution in [1.82, 2.24) is 4.98 Å². The SMILES string of the molecule is Cc1cccc(-c2nc(CC(=O)OC3CCCCC3)cs2)c1. The van der Waals surface area contributed by atoms with Crippen LogP contribution in [0.1, 0.15) is 43.4 Å². The number of hydrogen-bond acceptors (Lipinski definition) is 4. The molecule has 1 fully saturated rings. The average Bonchev–Trinajstić information content (AvgIpc) is 2.96. The molecule has 2 aromatic rings. The second-order valence-electron chi connectivity index (χ2n) is 5.94. The second-order valence-corrected chi connectivity index (χ2v) is 6.80. The van der Waals surface area contributed by atoms with Crippen molar-refractivity contribution in [2.24, 2.45) is 0 Å². The number of esters is 1. The molecule has 3 rings (SSSR count). The highest BCUT2D eigenvalue weighted by Gasteiger charge is 2.18. The number of carbonyl (C=O) groups is 1. The van der Waals surface area contributed by atoms with E-state index in [-0.39, 0.29) is 18.5 Å². The molecule has 0 radical (unpaired) electrons. The van der Waals surface area contributed by atoms with Gasteiger partial charge in [-0.25, -0.2) is 4.98 Å². The monoisotopic (exact) mass is 315 g/mol. The zero-order chi connectivity index (χ0) is 15.4. The number of thiazole rings is 1. The Hall–Kier alpha value is -1.68. The fraction of sp³-hybridized carbons (Fsp3) is 0.444. The molecule has 1 saturated carbocycles. The molecule has 3 nitrogen and oxygen atoms in total. The van der Waals surface area contributed by atoms with Gasteiger partial charge in [0, 0.05) is 10.9 Å². The van der Waals surface area contributed by atoms with E-state index in [4.69, 9.17) is 4.74 Å². The summed E-state index contributed by atoms with van der Waals surface area (Å²) in [5.74, 6) is -0.145. The fourth-order valence-corrected chi connectivity index (χ4v) is 3.67. The van der Waals surface area contributed by atoms with Crippen LogP contribution in [0.15, 0.2) is 29.6 Å². The maximum atomic E-state index is 12.0. The number of benzene rings is 1.